The van der Waals surface area contributed by atoms with Gasteiger partial charge in [0.1, 0.15) is 0 Å². The molecule has 2 aliphatic heterocycles. The third-order valence-electron chi connectivity index (χ3n) is 5.26. The summed E-state index contributed by atoms with van der Waals surface area (Å²) in [4.78, 5) is 44.3. The first kappa shape index (κ1) is 17.4. The van der Waals surface area contributed by atoms with Crippen molar-refractivity contribution in [2.75, 3.05) is 24.5 Å². The van der Waals surface area contributed by atoms with Crippen LogP contribution in [-0.4, -0.2) is 61.5 Å². The van der Waals surface area contributed by atoms with Gasteiger partial charge in [0.05, 0.1) is 23.3 Å². The average molecular weight is 370 g/mol. The van der Waals surface area contributed by atoms with Gasteiger partial charge >= 0.3 is 5.97 Å². The Hall–Kier alpha value is -2.97. The van der Waals surface area contributed by atoms with Gasteiger partial charge in [0, 0.05) is 37.9 Å². The maximum atomic E-state index is 13.1. The molecule has 2 aromatic rings. The van der Waals surface area contributed by atoms with Crippen LogP contribution in [0.4, 0.5) is 5.95 Å². The maximum Gasteiger partial charge on any atom is 0.332 e. The normalized spacial score (nSPS) is 19.7. The van der Waals surface area contributed by atoms with E-state index in [4.69, 9.17) is 0 Å². The molecule has 2 N–H and O–H groups in total. The van der Waals surface area contributed by atoms with E-state index in [1.165, 1.54) is 23.8 Å². The molecule has 0 saturated carbocycles. The fourth-order valence-electron chi connectivity index (χ4n) is 3.81. The number of fused-ring (bicyclic) bond motifs is 1. The molecule has 1 atom stereocenters. The lowest BCUT2D eigenvalue weighted by atomic mass is 10.0. The number of aromatic nitrogens is 4. The van der Waals surface area contributed by atoms with Gasteiger partial charge in [-0.25, -0.2) is 19.7 Å². The SMILES string of the molecule is Cc1nc(N2CCCCC2)ncc1C(=O)N1CCc2[nH]cnc2[C@@H]1C(=O)O. The van der Waals surface area contributed by atoms with Crippen LogP contribution >= 0.6 is 0 Å². The van der Waals surface area contributed by atoms with E-state index in [0.717, 1.165) is 31.6 Å². The Morgan fingerprint density at radius 2 is 1.96 bits per heavy atom. The molecule has 0 spiro atoms. The van der Waals surface area contributed by atoms with Gasteiger partial charge in [-0.05, 0) is 26.2 Å². The standard InChI is InChI=1S/C18H22N6O3/c1-11-12(9-19-18(22-11)23-6-3-2-4-7-23)16(25)24-8-5-13-14(21-10-20-13)15(24)17(26)27/h9-10,15H,2-8H2,1H3,(H,20,21)(H,26,27)/t15-/m1/s1. The van der Waals surface area contributed by atoms with Gasteiger partial charge in [-0.1, -0.05) is 0 Å². The topological polar surface area (TPSA) is 115 Å². The Bertz CT molecular complexity index is 874. The zero-order valence-corrected chi connectivity index (χ0v) is 15.2. The van der Waals surface area contributed by atoms with Crippen molar-refractivity contribution in [2.24, 2.45) is 0 Å². The molecule has 27 heavy (non-hydrogen) atoms. The smallest absolute Gasteiger partial charge is 0.332 e. The number of amides is 1. The molecule has 0 bridgehead atoms. The molecule has 4 heterocycles. The first-order valence-electron chi connectivity index (χ1n) is 9.21. The molecule has 142 valence electrons. The Kier molecular flexibility index (Phi) is 4.51. The summed E-state index contributed by atoms with van der Waals surface area (Å²) in [6, 6.07) is -1.10. The van der Waals surface area contributed by atoms with Crippen molar-refractivity contribution in [1.29, 1.82) is 0 Å². The van der Waals surface area contributed by atoms with E-state index < -0.39 is 12.0 Å². The molecule has 0 radical (unpaired) electrons. The van der Waals surface area contributed by atoms with Crippen LogP contribution in [0.3, 0.4) is 0 Å². The molecule has 2 aliphatic rings. The highest BCUT2D eigenvalue weighted by Crippen LogP contribution is 2.29. The lowest BCUT2D eigenvalue weighted by Crippen LogP contribution is -2.44. The summed E-state index contributed by atoms with van der Waals surface area (Å²) >= 11 is 0. The second-order valence-electron chi connectivity index (χ2n) is 6.97. The molecule has 1 fully saturated rings. The molecule has 1 saturated heterocycles. The van der Waals surface area contributed by atoms with E-state index in [9.17, 15) is 14.7 Å². The number of carboxylic acid groups (broad SMARTS) is 1. The highest BCUT2D eigenvalue weighted by atomic mass is 16.4. The number of rotatable bonds is 3. The predicted molar refractivity (Wildman–Crippen MR) is 96.5 cm³/mol. The molecule has 0 aliphatic carbocycles. The minimum absolute atomic E-state index is 0.304. The van der Waals surface area contributed by atoms with Crippen molar-refractivity contribution in [3.8, 4) is 0 Å². The largest absolute Gasteiger partial charge is 0.479 e. The van der Waals surface area contributed by atoms with Crippen molar-refractivity contribution in [2.45, 2.75) is 38.6 Å². The predicted octanol–water partition coefficient (Wildman–Crippen LogP) is 1.32. The van der Waals surface area contributed by atoms with Gasteiger partial charge in [0.15, 0.2) is 6.04 Å². The number of carboxylic acids is 1. The number of aryl methyl sites for hydroxylation is 1. The zero-order chi connectivity index (χ0) is 19.0. The number of aliphatic carboxylic acids is 1. The number of H-pyrrole nitrogens is 1. The number of nitrogens with one attached hydrogen (secondary N) is 1. The van der Waals surface area contributed by atoms with Crippen LogP contribution in [0.15, 0.2) is 12.5 Å². The van der Waals surface area contributed by atoms with Crippen LogP contribution < -0.4 is 4.90 Å². The number of anilines is 1. The molecule has 4 rings (SSSR count). The molecule has 0 unspecified atom stereocenters. The van der Waals surface area contributed by atoms with E-state index in [2.05, 4.69) is 24.8 Å². The van der Waals surface area contributed by atoms with Crippen LogP contribution in [0, 0.1) is 6.92 Å². The summed E-state index contributed by atoms with van der Waals surface area (Å²) in [5.74, 6) is -0.842. The van der Waals surface area contributed by atoms with Crippen molar-refractivity contribution in [3.05, 3.63) is 35.2 Å². The summed E-state index contributed by atoms with van der Waals surface area (Å²) < 4.78 is 0. The molecule has 2 aromatic heterocycles. The third kappa shape index (κ3) is 3.13. The van der Waals surface area contributed by atoms with Crippen molar-refractivity contribution in [3.63, 3.8) is 0 Å². The van der Waals surface area contributed by atoms with E-state index in [0.29, 0.717) is 35.9 Å². The van der Waals surface area contributed by atoms with Crippen LogP contribution in [0.2, 0.25) is 0 Å². The Morgan fingerprint density at radius 3 is 2.67 bits per heavy atom. The van der Waals surface area contributed by atoms with E-state index in [-0.39, 0.29) is 5.91 Å². The highest BCUT2D eigenvalue weighted by Gasteiger charge is 2.38. The van der Waals surface area contributed by atoms with Gasteiger partial charge < -0.3 is 19.9 Å². The summed E-state index contributed by atoms with van der Waals surface area (Å²) in [7, 11) is 0. The van der Waals surface area contributed by atoms with Gasteiger partial charge in [-0.3, -0.25) is 4.79 Å². The van der Waals surface area contributed by atoms with Gasteiger partial charge in [-0.2, -0.15) is 0 Å². The van der Waals surface area contributed by atoms with Crippen molar-refractivity contribution >= 4 is 17.8 Å². The summed E-state index contributed by atoms with van der Waals surface area (Å²) in [5.41, 5.74) is 2.05. The summed E-state index contributed by atoms with van der Waals surface area (Å²) in [6.07, 6.45) is 6.97. The number of carbonyl (C=O) groups is 2. The van der Waals surface area contributed by atoms with E-state index in [1.54, 1.807) is 6.92 Å². The highest BCUT2D eigenvalue weighted by molar-refractivity contribution is 5.97. The molecule has 9 nitrogen and oxygen atoms in total. The van der Waals surface area contributed by atoms with E-state index >= 15 is 0 Å². The Labute approximate surface area is 156 Å². The third-order valence-corrected chi connectivity index (χ3v) is 5.26. The molecular formula is C18H22N6O3. The summed E-state index contributed by atoms with van der Waals surface area (Å²) in [5, 5.41) is 9.67. The minimum atomic E-state index is -1.10. The fourth-order valence-corrected chi connectivity index (χ4v) is 3.81. The zero-order valence-electron chi connectivity index (χ0n) is 15.2. The Balaban J connectivity index is 1.61. The van der Waals surface area contributed by atoms with Gasteiger partial charge in [0.2, 0.25) is 5.95 Å². The average Bonchev–Trinajstić information content (AvgIpc) is 3.15. The first-order chi connectivity index (χ1) is 13.1. The monoisotopic (exact) mass is 370 g/mol. The number of nitrogens with zero attached hydrogens (tertiary/aromatic N) is 5. The van der Waals surface area contributed by atoms with Crippen LogP contribution in [0.25, 0.3) is 0 Å². The van der Waals surface area contributed by atoms with Crippen molar-refractivity contribution < 1.29 is 14.7 Å². The Morgan fingerprint density at radius 1 is 1.19 bits per heavy atom. The number of hydrogen-bond donors (Lipinski definition) is 2. The second kappa shape index (κ2) is 6.98. The van der Waals surface area contributed by atoms with Crippen LogP contribution in [-0.2, 0) is 11.2 Å². The lowest BCUT2D eigenvalue weighted by molar-refractivity contribution is -0.143. The number of aromatic amines is 1. The van der Waals surface area contributed by atoms with Gasteiger partial charge in [-0.15, -0.1) is 0 Å². The number of hydrogen-bond acceptors (Lipinski definition) is 6. The van der Waals surface area contributed by atoms with Crippen LogP contribution in [0.5, 0.6) is 0 Å². The quantitative estimate of drug-likeness (QED) is 0.837. The summed E-state index contributed by atoms with van der Waals surface area (Å²) in [6.45, 7) is 3.91. The minimum Gasteiger partial charge on any atom is -0.479 e. The molecule has 9 heteroatoms. The van der Waals surface area contributed by atoms with Crippen molar-refractivity contribution in [1.82, 2.24) is 24.8 Å². The maximum absolute atomic E-state index is 13.1. The second-order valence-corrected chi connectivity index (χ2v) is 6.97. The van der Waals surface area contributed by atoms with Crippen LogP contribution in [0.1, 0.15) is 52.7 Å². The molecule has 1 amide bonds. The first-order valence-corrected chi connectivity index (χ1v) is 9.21. The van der Waals surface area contributed by atoms with Gasteiger partial charge in [0.25, 0.3) is 5.91 Å². The number of imidazole rings is 1. The van der Waals surface area contributed by atoms with E-state index in [1.807, 2.05) is 0 Å². The fraction of sp³-hybridized carbons (Fsp3) is 0.500. The number of carbonyl (C=O) groups excluding carboxylic acids is 1. The number of piperidine rings is 1. The lowest BCUT2D eigenvalue weighted by Gasteiger charge is -2.32. The molecule has 0 aromatic carbocycles. The molecular weight excluding hydrogens is 348 g/mol.